The molecule has 21 heavy (non-hydrogen) atoms. The van der Waals surface area contributed by atoms with E-state index in [-0.39, 0.29) is 17.5 Å². The van der Waals surface area contributed by atoms with E-state index < -0.39 is 4.92 Å². The van der Waals surface area contributed by atoms with Gasteiger partial charge in [0.05, 0.1) is 4.92 Å². The van der Waals surface area contributed by atoms with Crippen molar-refractivity contribution < 1.29 is 9.31 Å². The van der Waals surface area contributed by atoms with E-state index in [0.29, 0.717) is 11.3 Å². The number of hydrogen-bond acceptors (Lipinski definition) is 3. The molecule has 2 rings (SSSR count). The Morgan fingerprint density at radius 1 is 1.19 bits per heavy atom. The molecule has 0 radical (unpaired) electrons. The van der Waals surface area contributed by atoms with Gasteiger partial charge in [0.1, 0.15) is 5.82 Å². The van der Waals surface area contributed by atoms with Crippen LogP contribution in [-0.2, 0) is 0 Å². The van der Waals surface area contributed by atoms with E-state index in [1.54, 1.807) is 19.1 Å². The van der Waals surface area contributed by atoms with Crippen LogP contribution < -0.4 is 5.32 Å². The van der Waals surface area contributed by atoms with E-state index in [2.05, 4.69) is 5.32 Å². The molecule has 1 atom stereocenters. The number of anilines is 1. The van der Waals surface area contributed by atoms with Gasteiger partial charge < -0.3 is 5.32 Å². The predicted octanol–water partition coefficient (Wildman–Crippen LogP) is 4.52. The number of benzene rings is 2. The molecule has 110 valence electrons. The molecular weight excluding hydrogens is 271 g/mol. The SMILES string of the molecule is Cc1cc(F)cc(NC(C)c2ccc(C)c([N+](=O)[O-])c2)c1. The minimum Gasteiger partial charge on any atom is -0.378 e. The van der Waals surface area contributed by atoms with Gasteiger partial charge in [0.15, 0.2) is 0 Å². The molecule has 0 saturated heterocycles. The Morgan fingerprint density at radius 2 is 1.90 bits per heavy atom. The number of aryl methyl sites for hydroxylation is 2. The number of hydrogen-bond donors (Lipinski definition) is 1. The van der Waals surface area contributed by atoms with Crippen molar-refractivity contribution in [2.75, 3.05) is 5.32 Å². The molecule has 0 saturated carbocycles. The summed E-state index contributed by atoms with van der Waals surface area (Å²) < 4.78 is 13.4. The van der Waals surface area contributed by atoms with Gasteiger partial charge in [0.25, 0.3) is 5.69 Å². The highest BCUT2D eigenvalue weighted by Gasteiger charge is 2.14. The Balaban J connectivity index is 2.26. The lowest BCUT2D eigenvalue weighted by molar-refractivity contribution is -0.385. The largest absolute Gasteiger partial charge is 0.378 e. The first-order valence-electron chi connectivity index (χ1n) is 6.65. The molecule has 0 bridgehead atoms. The third-order valence-electron chi connectivity index (χ3n) is 3.36. The summed E-state index contributed by atoms with van der Waals surface area (Å²) in [5.41, 5.74) is 2.98. The predicted molar refractivity (Wildman–Crippen MR) is 81.0 cm³/mol. The topological polar surface area (TPSA) is 55.2 Å². The van der Waals surface area contributed by atoms with E-state index in [1.807, 2.05) is 26.0 Å². The second-order valence-corrected chi connectivity index (χ2v) is 5.19. The molecule has 1 unspecified atom stereocenters. The molecule has 0 fully saturated rings. The Morgan fingerprint density at radius 3 is 2.52 bits per heavy atom. The first-order chi connectivity index (χ1) is 9.86. The summed E-state index contributed by atoms with van der Waals surface area (Å²) in [5, 5.41) is 14.1. The van der Waals surface area contributed by atoms with Gasteiger partial charge in [-0.05, 0) is 50.1 Å². The van der Waals surface area contributed by atoms with Crippen LogP contribution in [0.2, 0.25) is 0 Å². The molecule has 4 nitrogen and oxygen atoms in total. The summed E-state index contributed by atoms with van der Waals surface area (Å²) in [6.45, 7) is 5.40. The van der Waals surface area contributed by atoms with Crippen molar-refractivity contribution in [3.05, 3.63) is 69.0 Å². The van der Waals surface area contributed by atoms with E-state index >= 15 is 0 Å². The van der Waals surface area contributed by atoms with Crippen LogP contribution in [0.25, 0.3) is 0 Å². The van der Waals surface area contributed by atoms with E-state index in [4.69, 9.17) is 0 Å². The molecule has 5 heteroatoms. The normalized spacial score (nSPS) is 12.0. The van der Waals surface area contributed by atoms with E-state index in [0.717, 1.165) is 11.1 Å². The fraction of sp³-hybridized carbons (Fsp3) is 0.250. The highest BCUT2D eigenvalue weighted by molar-refractivity contribution is 5.50. The lowest BCUT2D eigenvalue weighted by Crippen LogP contribution is -2.08. The number of halogens is 1. The summed E-state index contributed by atoms with van der Waals surface area (Å²) >= 11 is 0. The molecule has 0 aromatic heterocycles. The summed E-state index contributed by atoms with van der Waals surface area (Å²) in [4.78, 5) is 10.6. The first-order valence-corrected chi connectivity index (χ1v) is 6.65. The van der Waals surface area contributed by atoms with Crippen LogP contribution in [0.4, 0.5) is 15.8 Å². The highest BCUT2D eigenvalue weighted by atomic mass is 19.1. The van der Waals surface area contributed by atoms with E-state index in [9.17, 15) is 14.5 Å². The maximum absolute atomic E-state index is 13.4. The van der Waals surface area contributed by atoms with Crippen LogP contribution in [0, 0.1) is 29.8 Å². The van der Waals surface area contributed by atoms with Gasteiger partial charge >= 0.3 is 0 Å². The Labute approximate surface area is 122 Å². The number of rotatable bonds is 4. The Hall–Kier alpha value is -2.43. The Bertz CT molecular complexity index is 666. The van der Waals surface area contributed by atoms with Gasteiger partial charge in [0, 0.05) is 23.4 Å². The van der Waals surface area contributed by atoms with E-state index in [1.165, 1.54) is 12.1 Å². The average molecular weight is 288 g/mol. The summed E-state index contributed by atoms with van der Waals surface area (Å²) in [6.07, 6.45) is 0. The third-order valence-corrected chi connectivity index (χ3v) is 3.36. The second-order valence-electron chi connectivity index (χ2n) is 5.19. The van der Waals surface area contributed by atoms with Crippen molar-refractivity contribution >= 4 is 11.4 Å². The van der Waals surface area contributed by atoms with Crippen molar-refractivity contribution in [1.82, 2.24) is 0 Å². The molecule has 1 N–H and O–H groups in total. The van der Waals surface area contributed by atoms with Crippen LogP contribution in [0.1, 0.15) is 29.7 Å². The van der Waals surface area contributed by atoms with Gasteiger partial charge in [0.2, 0.25) is 0 Å². The molecule has 0 aliphatic carbocycles. The maximum Gasteiger partial charge on any atom is 0.272 e. The maximum atomic E-state index is 13.4. The molecule has 0 heterocycles. The second kappa shape index (κ2) is 5.91. The molecule has 0 aliphatic heterocycles. The van der Waals surface area contributed by atoms with Crippen LogP contribution in [0.15, 0.2) is 36.4 Å². The number of nitrogens with one attached hydrogen (secondary N) is 1. The summed E-state index contributed by atoms with van der Waals surface area (Å²) in [7, 11) is 0. The highest BCUT2D eigenvalue weighted by Crippen LogP contribution is 2.26. The molecule has 2 aromatic carbocycles. The fourth-order valence-corrected chi connectivity index (χ4v) is 2.25. The van der Waals surface area contributed by atoms with Crippen molar-refractivity contribution in [3.8, 4) is 0 Å². The lowest BCUT2D eigenvalue weighted by Gasteiger charge is -2.16. The standard InChI is InChI=1S/C16H17FN2O2/c1-10-6-14(17)9-15(7-10)18-12(3)13-5-4-11(2)16(8-13)19(20)21/h4-9,12,18H,1-3H3. The van der Waals surface area contributed by atoms with Gasteiger partial charge in [-0.1, -0.05) is 12.1 Å². The zero-order chi connectivity index (χ0) is 15.6. The summed E-state index contributed by atoms with van der Waals surface area (Å²) in [6, 6.07) is 9.65. The lowest BCUT2D eigenvalue weighted by atomic mass is 10.0. The quantitative estimate of drug-likeness (QED) is 0.664. The number of nitrogens with zero attached hydrogens (tertiary/aromatic N) is 1. The van der Waals surface area contributed by atoms with Gasteiger partial charge in [-0.3, -0.25) is 10.1 Å². The zero-order valence-electron chi connectivity index (χ0n) is 12.2. The van der Waals surface area contributed by atoms with Crippen LogP contribution in [-0.4, -0.2) is 4.92 Å². The molecule has 0 spiro atoms. The van der Waals surface area contributed by atoms with Crippen molar-refractivity contribution in [1.29, 1.82) is 0 Å². The molecular formula is C16H17FN2O2. The van der Waals surface area contributed by atoms with Crippen molar-refractivity contribution in [2.45, 2.75) is 26.8 Å². The number of nitro benzene ring substituents is 1. The van der Waals surface area contributed by atoms with Crippen LogP contribution in [0.3, 0.4) is 0 Å². The van der Waals surface area contributed by atoms with Crippen molar-refractivity contribution in [2.24, 2.45) is 0 Å². The molecule has 0 amide bonds. The smallest absolute Gasteiger partial charge is 0.272 e. The Kier molecular flexibility index (Phi) is 4.21. The average Bonchev–Trinajstić information content (AvgIpc) is 2.37. The fourth-order valence-electron chi connectivity index (χ4n) is 2.25. The van der Waals surface area contributed by atoms with Gasteiger partial charge in [-0.2, -0.15) is 0 Å². The first kappa shape index (κ1) is 15.0. The van der Waals surface area contributed by atoms with Gasteiger partial charge in [-0.25, -0.2) is 4.39 Å². The molecule has 2 aromatic rings. The minimum absolute atomic E-state index is 0.0940. The zero-order valence-corrected chi connectivity index (χ0v) is 12.2. The monoisotopic (exact) mass is 288 g/mol. The minimum atomic E-state index is -0.391. The third kappa shape index (κ3) is 3.56. The van der Waals surface area contributed by atoms with Crippen molar-refractivity contribution in [3.63, 3.8) is 0 Å². The summed E-state index contributed by atoms with van der Waals surface area (Å²) in [5.74, 6) is -0.306. The molecule has 0 aliphatic rings. The van der Waals surface area contributed by atoms with Gasteiger partial charge in [-0.15, -0.1) is 0 Å². The van der Waals surface area contributed by atoms with Crippen LogP contribution in [0.5, 0.6) is 0 Å². The number of nitro groups is 1. The van der Waals surface area contributed by atoms with Crippen LogP contribution >= 0.6 is 0 Å².